The van der Waals surface area contributed by atoms with E-state index in [1.807, 2.05) is 6.92 Å². The van der Waals surface area contributed by atoms with E-state index in [1.165, 1.54) is 18.0 Å². The molecule has 0 saturated heterocycles. The number of hydrogen-bond acceptors (Lipinski definition) is 4. The van der Waals surface area contributed by atoms with Crippen LogP contribution in [0.5, 0.6) is 0 Å². The van der Waals surface area contributed by atoms with Crippen molar-refractivity contribution in [1.82, 2.24) is 20.2 Å². The van der Waals surface area contributed by atoms with E-state index < -0.39 is 0 Å². The van der Waals surface area contributed by atoms with Gasteiger partial charge in [-0.3, -0.25) is 9.89 Å². The molecule has 0 amide bonds. The Morgan fingerprint density at radius 3 is 3.23 bits per heavy atom. The van der Waals surface area contributed by atoms with Crippen LogP contribution in [0.1, 0.15) is 6.92 Å². The van der Waals surface area contributed by atoms with Crippen molar-refractivity contribution in [2.24, 2.45) is 0 Å². The van der Waals surface area contributed by atoms with Crippen LogP contribution in [0.3, 0.4) is 0 Å². The number of aromatic amines is 2. The Morgan fingerprint density at radius 2 is 2.46 bits per heavy atom. The third kappa shape index (κ3) is 1.44. The van der Waals surface area contributed by atoms with Gasteiger partial charge in [0.1, 0.15) is 5.39 Å². The molecule has 0 aromatic carbocycles. The Morgan fingerprint density at radius 1 is 1.62 bits per heavy atom. The smallest absolute Gasteiger partial charge is 0.262 e. The largest absolute Gasteiger partial charge is 0.301 e. The highest BCUT2D eigenvalue weighted by Gasteiger charge is 2.04. The first-order chi connectivity index (χ1) is 6.31. The molecule has 2 N–H and O–H groups in total. The molecule has 0 fully saturated rings. The zero-order valence-corrected chi connectivity index (χ0v) is 7.81. The first kappa shape index (κ1) is 8.31. The fourth-order valence-electron chi connectivity index (χ4n) is 1.03. The van der Waals surface area contributed by atoms with Gasteiger partial charge in [0.15, 0.2) is 10.8 Å². The summed E-state index contributed by atoms with van der Waals surface area (Å²) in [7, 11) is 0. The van der Waals surface area contributed by atoms with Crippen molar-refractivity contribution < 1.29 is 0 Å². The maximum absolute atomic E-state index is 11.4. The molecule has 0 radical (unpaired) electrons. The van der Waals surface area contributed by atoms with Gasteiger partial charge in [0.25, 0.3) is 5.56 Å². The number of nitrogens with zero attached hydrogens (tertiary/aromatic N) is 2. The van der Waals surface area contributed by atoms with E-state index in [2.05, 4.69) is 20.2 Å². The van der Waals surface area contributed by atoms with Gasteiger partial charge in [-0.2, -0.15) is 5.10 Å². The molecule has 2 rings (SSSR count). The van der Waals surface area contributed by atoms with Crippen LogP contribution in [0.15, 0.2) is 16.1 Å². The molecule has 6 heteroatoms. The van der Waals surface area contributed by atoms with Gasteiger partial charge in [0.05, 0.1) is 6.20 Å². The maximum Gasteiger partial charge on any atom is 0.262 e. The van der Waals surface area contributed by atoms with Gasteiger partial charge in [-0.05, 0) is 5.75 Å². The molecule has 0 unspecified atom stereocenters. The highest BCUT2D eigenvalue weighted by atomic mass is 32.2. The molecule has 0 spiro atoms. The third-order valence-corrected chi connectivity index (χ3v) is 2.33. The van der Waals surface area contributed by atoms with Crippen molar-refractivity contribution >= 4 is 22.8 Å². The number of thioether (sulfide) groups is 1. The summed E-state index contributed by atoms with van der Waals surface area (Å²) in [5.41, 5.74) is 0.398. The molecule has 0 atom stereocenters. The highest BCUT2D eigenvalue weighted by Crippen LogP contribution is 2.11. The lowest BCUT2D eigenvalue weighted by molar-refractivity contribution is 0.959. The first-order valence-electron chi connectivity index (χ1n) is 3.87. The topological polar surface area (TPSA) is 74.4 Å². The Bertz CT molecular complexity index is 475. The monoisotopic (exact) mass is 196 g/mol. The van der Waals surface area contributed by atoms with Crippen molar-refractivity contribution in [2.75, 3.05) is 5.75 Å². The van der Waals surface area contributed by atoms with Crippen molar-refractivity contribution in [3.8, 4) is 0 Å². The lowest BCUT2D eigenvalue weighted by Gasteiger charge is -1.95. The van der Waals surface area contributed by atoms with Crippen LogP contribution in [0, 0.1) is 0 Å². The van der Waals surface area contributed by atoms with Crippen LogP contribution in [0.25, 0.3) is 11.0 Å². The summed E-state index contributed by atoms with van der Waals surface area (Å²) in [6, 6.07) is 0. The molecule has 5 nitrogen and oxygen atoms in total. The summed E-state index contributed by atoms with van der Waals surface area (Å²) in [6.07, 6.45) is 1.47. The number of fused-ring (bicyclic) bond motifs is 1. The maximum atomic E-state index is 11.4. The molecular formula is C7H8N4OS. The molecule has 2 heterocycles. The van der Waals surface area contributed by atoms with E-state index in [-0.39, 0.29) is 5.56 Å². The zero-order chi connectivity index (χ0) is 9.26. The fourth-order valence-corrected chi connectivity index (χ4v) is 1.62. The molecule has 2 aromatic rings. The van der Waals surface area contributed by atoms with Gasteiger partial charge in [-0.1, -0.05) is 18.7 Å². The average Bonchev–Trinajstić information content (AvgIpc) is 2.53. The van der Waals surface area contributed by atoms with E-state index in [4.69, 9.17) is 0 Å². The number of aromatic nitrogens is 4. The quantitative estimate of drug-likeness (QED) is 0.549. The van der Waals surface area contributed by atoms with Crippen molar-refractivity contribution in [3.63, 3.8) is 0 Å². The van der Waals surface area contributed by atoms with Gasteiger partial charge < -0.3 is 4.98 Å². The zero-order valence-electron chi connectivity index (χ0n) is 7.00. The third-order valence-electron chi connectivity index (χ3n) is 1.58. The number of nitrogens with one attached hydrogen (secondary N) is 2. The van der Waals surface area contributed by atoms with Crippen LogP contribution in [-0.2, 0) is 0 Å². The summed E-state index contributed by atoms with van der Waals surface area (Å²) in [4.78, 5) is 18.2. The van der Waals surface area contributed by atoms with E-state index in [9.17, 15) is 4.79 Å². The molecule has 13 heavy (non-hydrogen) atoms. The Hall–Kier alpha value is -1.30. The minimum atomic E-state index is -0.144. The second-order valence-electron chi connectivity index (χ2n) is 2.44. The van der Waals surface area contributed by atoms with Crippen LogP contribution in [-0.4, -0.2) is 25.9 Å². The minimum absolute atomic E-state index is 0.144. The van der Waals surface area contributed by atoms with Gasteiger partial charge in [-0.25, -0.2) is 4.98 Å². The van der Waals surface area contributed by atoms with Crippen LogP contribution in [0.4, 0.5) is 0 Å². The molecule has 0 aliphatic rings. The van der Waals surface area contributed by atoms with Gasteiger partial charge in [-0.15, -0.1) is 0 Å². The molecular weight excluding hydrogens is 188 g/mol. The van der Waals surface area contributed by atoms with Crippen molar-refractivity contribution in [3.05, 3.63) is 16.6 Å². The lowest BCUT2D eigenvalue weighted by atomic mass is 10.4. The van der Waals surface area contributed by atoms with Crippen molar-refractivity contribution in [2.45, 2.75) is 12.1 Å². The Kier molecular flexibility index (Phi) is 2.05. The standard InChI is InChI=1S/C7H8N4OS/c1-2-13-7-9-5-4(3-8-11-5)6(12)10-7/h3H,2H2,1H3,(H2,8,9,10,11,12). The summed E-state index contributed by atoms with van der Waals surface area (Å²) in [5.74, 6) is 0.878. The predicted molar refractivity (Wildman–Crippen MR) is 50.9 cm³/mol. The van der Waals surface area contributed by atoms with E-state index in [0.29, 0.717) is 16.2 Å². The Labute approximate surface area is 78.0 Å². The van der Waals surface area contributed by atoms with E-state index >= 15 is 0 Å². The normalized spacial score (nSPS) is 10.8. The predicted octanol–water partition coefficient (Wildman–Crippen LogP) is 0.758. The average molecular weight is 196 g/mol. The Balaban J connectivity index is 2.63. The lowest BCUT2D eigenvalue weighted by Crippen LogP contribution is -2.07. The van der Waals surface area contributed by atoms with E-state index in [1.54, 1.807) is 0 Å². The second-order valence-corrected chi connectivity index (χ2v) is 3.69. The van der Waals surface area contributed by atoms with Crippen LogP contribution in [0.2, 0.25) is 0 Å². The summed E-state index contributed by atoms with van der Waals surface area (Å²) in [5, 5.41) is 7.54. The number of hydrogen-bond donors (Lipinski definition) is 2. The van der Waals surface area contributed by atoms with Gasteiger partial charge in [0.2, 0.25) is 0 Å². The number of rotatable bonds is 2. The number of H-pyrrole nitrogens is 2. The molecule has 0 saturated carbocycles. The molecule has 0 aliphatic carbocycles. The van der Waals surface area contributed by atoms with Crippen LogP contribution >= 0.6 is 11.8 Å². The van der Waals surface area contributed by atoms with Gasteiger partial charge >= 0.3 is 0 Å². The fraction of sp³-hybridized carbons (Fsp3) is 0.286. The minimum Gasteiger partial charge on any atom is -0.301 e. The second kappa shape index (κ2) is 3.21. The highest BCUT2D eigenvalue weighted by molar-refractivity contribution is 7.99. The van der Waals surface area contributed by atoms with Gasteiger partial charge in [0, 0.05) is 0 Å². The molecule has 0 aliphatic heterocycles. The molecule has 2 aromatic heterocycles. The van der Waals surface area contributed by atoms with Crippen LogP contribution < -0.4 is 5.56 Å². The molecule has 68 valence electrons. The first-order valence-corrected chi connectivity index (χ1v) is 4.86. The SMILES string of the molecule is CCSc1nc2[nH]ncc2c(=O)[nH]1. The molecule has 0 bridgehead atoms. The summed E-state index contributed by atoms with van der Waals surface area (Å²) in [6.45, 7) is 2.00. The van der Waals surface area contributed by atoms with Crippen molar-refractivity contribution in [1.29, 1.82) is 0 Å². The summed E-state index contributed by atoms with van der Waals surface area (Å²) < 4.78 is 0. The summed E-state index contributed by atoms with van der Waals surface area (Å²) >= 11 is 1.49. The van der Waals surface area contributed by atoms with E-state index in [0.717, 1.165) is 5.75 Å².